The van der Waals surface area contributed by atoms with Gasteiger partial charge in [-0.15, -0.1) is 0 Å². The van der Waals surface area contributed by atoms with Crippen molar-refractivity contribution in [2.45, 2.75) is 154 Å². The van der Waals surface area contributed by atoms with Crippen LogP contribution in [0.5, 0.6) is 0 Å². The predicted octanol–water partition coefficient (Wildman–Crippen LogP) is 9.78. The molecule has 4 heteroatoms. The van der Waals surface area contributed by atoms with Gasteiger partial charge in [-0.3, -0.25) is 4.18 Å². The Hall–Kier alpha value is -0.870. The van der Waals surface area contributed by atoms with E-state index < -0.39 is 10.1 Å². The van der Waals surface area contributed by atoms with Crippen molar-refractivity contribution in [2.24, 2.45) is 0 Å². The Morgan fingerprint density at radius 3 is 1.35 bits per heavy atom. The van der Waals surface area contributed by atoms with Crippen LogP contribution in [0.25, 0.3) is 0 Å². The maximum atomic E-state index is 12.4. The summed E-state index contributed by atoms with van der Waals surface area (Å²) >= 11 is 0. The highest BCUT2D eigenvalue weighted by Gasteiger charge is 2.14. The van der Waals surface area contributed by atoms with Gasteiger partial charge in [0.2, 0.25) is 0 Å². The molecule has 0 atom stereocenters. The quantitative estimate of drug-likeness (QED) is 0.106. The Kier molecular flexibility index (Phi) is 19.6. The molecule has 0 bridgehead atoms. The highest BCUT2D eigenvalue weighted by Crippen LogP contribution is 2.17. The lowest BCUT2D eigenvalue weighted by molar-refractivity contribution is 0.306. The van der Waals surface area contributed by atoms with Gasteiger partial charge in [0.15, 0.2) is 0 Å². The van der Waals surface area contributed by atoms with Crippen molar-refractivity contribution >= 4 is 10.1 Å². The molecule has 0 radical (unpaired) electrons. The van der Waals surface area contributed by atoms with E-state index in [1.807, 2.05) is 12.1 Å². The van der Waals surface area contributed by atoms with Gasteiger partial charge in [-0.2, -0.15) is 8.42 Å². The van der Waals surface area contributed by atoms with E-state index in [2.05, 4.69) is 13.8 Å². The first-order valence-corrected chi connectivity index (χ1v) is 16.0. The third kappa shape index (κ3) is 16.7. The molecule has 0 heterocycles. The molecule has 0 N–H and O–H groups in total. The molecule has 0 aromatic heterocycles. The van der Waals surface area contributed by atoms with E-state index in [-0.39, 0.29) is 4.90 Å². The molecule has 3 nitrogen and oxygen atoms in total. The molecule has 1 aromatic rings. The average Bonchev–Trinajstić information content (AvgIpc) is 2.84. The first kappa shape index (κ1) is 31.2. The highest BCUT2D eigenvalue weighted by atomic mass is 32.2. The molecule has 0 amide bonds. The molecule has 0 fully saturated rings. The Bertz CT molecular complexity index is 667. The SMILES string of the molecule is CCCCCCCCCCCCOS(=O)(=O)c1ccc(CCCCCCCCCCCC)cc1. The van der Waals surface area contributed by atoms with Gasteiger partial charge in [0.25, 0.3) is 10.1 Å². The lowest BCUT2D eigenvalue weighted by atomic mass is 10.0. The molecule has 0 saturated carbocycles. The third-order valence-corrected chi connectivity index (χ3v) is 8.09. The van der Waals surface area contributed by atoms with Crippen LogP contribution >= 0.6 is 0 Å². The van der Waals surface area contributed by atoms with Crippen LogP contribution in [0.15, 0.2) is 29.2 Å². The van der Waals surface area contributed by atoms with Gasteiger partial charge in [0, 0.05) is 0 Å². The van der Waals surface area contributed by atoms with E-state index in [0.717, 1.165) is 19.3 Å². The molecule has 0 unspecified atom stereocenters. The van der Waals surface area contributed by atoms with Crippen LogP contribution < -0.4 is 0 Å². The number of rotatable bonds is 24. The van der Waals surface area contributed by atoms with E-state index >= 15 is 0 Å². The number of hydrogen-bond acceptors (Lipinski definition) is 3. The summed E-state index contributed by atoms with van der Waals surface area (Å²) in [5, 5.41) is 0. The number of hydrogen-bond donors (Lipinski definition) is 0. The largest absolute Gasteiger partial charge is 0.296 e. The number of unbranched alkanes of at least 4 members (excludes halogenated alkanes) is 18. The van der Waals surface area contributed by atoms with Crippen LogP contribution in [0.4, 0.5) is 0 Å². The van der Waals surface area contributed by atoms with Crippen molar-refractivity contribution in [2.75, 3.05) is 6.61 Å². The highest BCUT2D eigenvalue weighted by molar-refractivity contribution is 7.86. The second-order valence-electron chi connectivity index (χ2n) is 10.0. The summed E-state index contributed by atoms with van der Waals surface area (Å²) in [6.07, 6.45) is 26.6. The first-order chi connectivity index (χ1) is 16.6. The van der Waals surface area contributed by atoms with Crippen LogP contribution in [-0.2, 0) is 20.7 Å². The molecular formula is C30H54O3S. The molecule has 34 heavy (non-hydrogen) atoms. The smallest absolute Gasteiger partial charge is 0.266 e. The Morgan fingerprint density at radius 1 is 0.529 bits per heavy atom. The summed E-state index contributed by atoms with van der Waals surface area (Å²) in [5.41, 5.74) is 1.22. The molecule has 0 aliphatic carbocycles. The number of aryl methyl sites for hydroxylation is 1. The van der Waals surface area contributed by atoms with Crippen LogP contribution in [0, 0.1) is 0 Å². The van der Waals surface area contributed by atoms with Crippen molar-refractivity contribution in [3.8, 4) is 0 Å². The van der Waals surface area contributed by atoms with E-state index in [9.17, 15) is 8.42 Å². The summed E-state index contributed by atoms with van der Waals surface area (Å²) in [4.78, 5) is 0.284. The fourth-order valence-corrected chi connectivity index (χ4v) is 5.41. The maximum absolute atomic E-state index is 12.4. The van der Waals surface area contributed by atoms with Gasteiger partial charge in [-0.1, -0.05) is 142 Å². The minimum Gasteiger partial charge on any atom is -0.266 e. The maximum Gasteiger partial charge on any atom is 0.296 e. The predicted molar refractivity (Wildman–Crippen MR) is 147 cm³/mol. The van der Waals surface area contributed by atoms with Crippen molar-refractivity contribution < 1.29 is 12.6 Å². The molecule has 0 spiro atoms. The lowest BCUT2D eigenvalue weighted by Crippen LogP contribution is -2.07. The van der Waals surface area contributed by atoms with Crippen molar-refractivity contribution in [3.05, 3.63) is 29.8 Å². The van der Waals surface area contributed by atoms with E-state index in [4.69, 9.17) is 4.18 Å². The second-order valence-corrected chi connectivity index (χ2v) is 11.6. The van der Waals surface area contributed by atoms with Crippen LogP contribution in [0.1, 0.15) is 148 Å². The van der Waals surface area contributed by atoms with Gasteiger partial charge in [0.05, 0.1) is 11.5 Å². The molecule has 0 aliphatic rings. The summed E-state index contributed by atoms with van der Waals surface area (Å²) in [6, 6.07) is 7.31. The second kappa shape index (κ2) is 21.4. The Morgan fingerprint density at radius 2 is 0.912 bits per heavy atom. The lowest BCUT2D eigenvalue weighted by Gasteiger charge is -2.07. The topological polar surface area (TPSA) is 43.4 Å². The summed E-state index contributed by atoms with van der Waals surface area (Å²) in [6.45, 7) is 4.80. The molecule has 1 aromatic carbocycles. The first-order valence-electron chi connectivity index (χ1n) is 14.6. The normalized spacial score (nSPS) is 11.8. The fraction of sp³-hybridized carbons (Fsp3) is 0.800. The molecule has 198 valence electrons. The van der Waals surface area contributed by atoms with Crippen LogP contribution in [0.3, 0.4) is 0 Å². The zero-order valence-electron chi connectivity index (χ0n) is 22.5. The van der Waals surface area contributed by atoms with Gasteiger partial charge < -0.3 is 0 Å². The van der Waals surface area contributed by atoms with Crippen molar-refractivity contribution in [1.29, 1.82) is 0 Å². The van der Waals surface area contributed by atoms with Crippen molar-refractivity contribution in [1.82, 2.24) is 0 Å². The van der Waals surface area contributed by atoms with Crippen LogP contribution in [-0.4, -0.2) is 15.0 Å². The monoisotopic (exact) mass is 494 g/mol. The van der Waals surface area contributed by atoms with Gasteiger partial charge in [0.1, 0.15) is 0 Å². The zero-order chi connectivity index (χ0) is 24.7. The molecule has 1 rings (SSSR count). The minimum absolute atomic E-state index is 0.284. The fourth-order valence-electron chi connectivity index (χ4n) is 4.47. The Balaban J connectivity index is 2.08. The van der Waals surface area contributed by atoms with E-state index in [1.54, 1.807) is 12.1 Å². The van der Waals surface area contributed by atoms with Crippen LogP contribution in [0.2, 0.25) is 0 Å². The zero-order valence-corrected chi connectivity index (χ0v) is 23.3. The molecular weight excluding hydrogens is 440 g/mol. The van der Waals surface area contributed by atoms with Gasteiger partial charge in [-0.05, 0) is 37.0 Å². The molecule has 0 saturated heterocycles. The van der Waals surface area contributed by atoms with E-state index in [1.165, 1.54) is 121 Å². The number of benzene rings is 1. The molecule has 0 aliphatic heterocycles. The average molecular weight is 495 g/mol. The van der Waals surface area contributed by atoms with Gasteiger partial charge in [-0.25, -0.2) is 0 Å². The van der Waals surface area contributed by atoms with Gasteiger partial charge >= 0.3 is 0 Å². The summed E-state index contributed by atoms with van der Waals surface area (Å²) in [7, 11) is -3.63. The van der Waals surface area contributed by atoms with Crippen molar-refractivity contribution in [3.63, 3.8) is 0 Å². The summed E-state index contributed by atoms with van der Waals surface area (Å²) < 4.78 is 30.1. The minimum atomic E-state index is -3.63. The summed E-state index contributed by atoms with van der Waals surface area (Å²) in [5.74, 6) is 0. The Labute approximate surface area is 212 Å². The van der Waals surface area contributed by atoms with E-state index in [0.29, 0.717) is 6.61 Å². The standard InChI is InChI=1S/C30H54O3S/c1-3-5-7-9-11-13-15-17-19-21-23-29-24-26-30(27-25-29)34(31,32)33-28-22-20-18-16-14-12-10-8-6-4-2/h24-27H,3-23,28H2,1-2H3. The third-order valence-electron chi connectivity index (χ3n) is 6.77.